The van der Waals surface area contributed by atoms with Gasteiger partial charge in [-0.3, -0.25) is 4.79 Å². The maximum absolute atomic E-state index is 12.5. The van der Waals surface area contributed by atoms with Crippen LogP contribution in [0.2, 0.25) is 5.15 Å². The van der Waals surface area contributed by atoms with Crippen molar-refractivity contribution in [1.82, 2.24) is 9.78 Å². The van der Waals surface area contributed by atoms with Crippen molar-refractivity contribution in [1.29, 1.82) is 0 Å². The van der Waals surface area contributed by atoms with Crippen molar-refractivity contribution in [2.24, 2.45) is 0 Å². The Morgan fingerprint density at radius 3 is 2.46 bits per heavy atom. The molecule has 0 saturated heterocycles. The van der Waals surface area contributed by atoms with E-state index in [-0.39, 0.29) is 16.5 Å². The number of benzene rings is 2. The molecule has 0 spiro atoms. The first-order valence-corrected chi connectivity index (χ1v) is 8.99. The van der Waals surface area contributed by atoms with Crippen LogP contribution >= 0.6 is 11.6 Å². The number of hydrogen-bond donors (Lipinski definition) is 0. The quantitative estimate of drug-likeness (QED) is 0.445. The van der Waals surface area contributed by atoms with Crippen LogP contribution in [0.25, 0.3) is 0 Å². The molecule has 0 aliphatic rings. The van der Waals surface area contributed by atoms with Gasteiger partial charge in [0, 0.05) is 0 Å². The number of aryl methyl sites for hydroxylation is 1. The number of hydrogen-bond acceptors (Lipinski definition) is 5. The van der Waals surface area contributed by atoms with Gasteiger partial charge in [0.15, 0.2) is 6.61 Å². The van der Waals surface area contributed by atoms with Crippen molar-refractivity contribution >= 4 is 23.4 Å². The molecule has 7 heteroatoms. The number of para-hydroxylation sites is 1. The normalized spacial score (nSPS) is 10.5. The van der Waals surface area contributed by atoms with E-state index in [4.69, 9.17) is 21.1 Å². The lowest BCUT2D eigenvalue weighted by atomic mass is 10.1. The third-order valence-electron chi connectivity index (χ3n) is 4.19. The van der Waals surface area contributed by atoms with E-state index in [0.29, 0.717) is 23.6 Å². The SMILES string of the molecule is COc1ccccc1C(=O)COC(=O)c1c(C)nn(Cc2ccccc2)c1Cl. The van der Waals surface area contributed by atoms with Crippen molar-refractivity contribution in [2.45, 2.75) is 13.5 Å². The first-order chi connectivity index (χ1) is 13.5. The number of rotatable bonds is 7. The van der Waals surface area contributed by atoms with Gasteiger partial charge in [0.2, 0.25) is 5.78 Å². The number of methoxy groups -OCH3 is 1. The highest BCUT2D eigenvalue weighted by Crippen LogP contribution is 2.23. The highest BCUT2D eigenvalue weighted by molar-refractivity contribution is 6.32. The van der Waals surface area contributed by atoms with Gasteiger partial charge in [-0.25, -0.2) is 9.48 Å². The third-order valence-corrected chi connectivity index (χ3v) is 4.57. The molecular formula is C21H19ClN2O4. The smallest absolute Gasteiger partial charge is 0.343 e. The van der Waals surface area contributed by atoms with Gasteiger partial charge in [-0.15, -0.1) is 0 Å². The van der Waals surface area contributed by atoms with Crippen molar-refractivity contribution < 1.29 is 19.1 Å². The molecule has 0 fully saturated rings. The van der Waals surface area contributed by atoms with Gasteiger partial charge in [0.05, 0.1) is 24.9 Å². The fraction of sp³-hybridized carbons (Fsp3) is 0.190. The maximum Gasteiger partial charge on any atom is 0.343 e. The monoisotopic (exact) mass is 398 g/mol. The molecule has 3 rings (SSSR count). The van der Waals surface area contributed by atoms with Crippen molar-refractivity contribution in [3.05, 3.63) is 82.1 Å². The van der Waals surface area contributed by atoms with Crippen LogP contribution in [0.4, 0.5) is 0 Å². The van der Waals surface area contributed by atoms with E-state index in [2.05, 4.69) is 5.10 Å². The summed E-state index contributed by atoms with van der Waals surface area (Å²) in [5, 5.41) is 4.50. The summed E-state index contributed by atoms with van der Waals surface area (Å²) in [6.45, 7) is 1.68. The molecule has 3 aromatic rings. The third kappa shape index (κ3) is 4.23. The number of carbonyl (C=O) groups excluding carboxylic acids is 2. The van der Waals surface area contributed by atoms with Crippen LogP contribution < -0.4 is 4.74 Å². The molecular weight excluding hydrogens is 380 g/mol. The molecule has 28 heavy (non-hydrogen) atoms. The molecule has 1 heterocycles. The zero-order valence-electron chi connectivity index (χ0n) is 15.5. The lowest BCUT2D eigenvalue weighted by molar-refractivity contribution is 0.0473. The summed E-state index contributed by atoms with van der Waals surface area (Å²) in [6, 6.07) is 16.4. The average Bonchev–Trinajstić information content (AvgIpc) is 2.99. The zero-order valence-corrected chi connectivity index (χ0v) is 16.3. The van der Waals surface area contributed by atoms with E-state index in [9.17, 15) is 9.59 Å². The van der Waals surface area contributed by atoms with E-state index in [1.807, 2.05) is 30.3 Å². The Morgan fingerprint density at radius 1 is 1.07 bits per heavy atom. The number of halogens is 1. The molecule has 0 amide bonds. The number of carbonyl (C=O) groups is 2. The van der Waals surface area contributed by atoms with E-state index in [0.717, 1.165) is 5.56 Å². The second kappa shape index (κ2) is 8.71. The molecule has 0 N–H and O–H groups in total. The Bertz CT molecular complexity index is 999. The number of esters is 1. The average molecular weight is 399 g/mol. The van der Waals surface area contributed by atoms with Crippen LogP contribution in [-0.2, 0) is 11.3 Å². The lowest BCUT2D eigenvalue weighted by Gasteiger charge is -2.08. The van der Waals surface area contributed by atoms with E-state index < -0.39 is 12.6 Å². The summed E-state index contributed by atoms with van der Waals surface area (Å²) >= 11 is 6.35. The van der Waals surface area contributed by atoms with E-state index in [1.165, 1.54) is 11.8 Å². The van der Waals surface area contributed by atoms with Crippen molar-refractivity contribution in [3.8, 4) is 5.75 Å². The second-order valence-electron chi connectivity index (χ2n) is 6.09. The fourth-order valence-corrected chi connectivity index (χ4v) is 3.11. The topological polar surface area (TPSA) is 70.4 Å². The number of ketones is 1. The van der Waals surface area contributed by atoms with Gasteiger partial charge < -0.3 is 9.47 Å². The Kier molecular flexibility index (Phi) is 6.11. The molecule has 0 aliphatic heterocycles. The molecule has 0 atom stereocenters. The van der Waals surface area contributed by atoms with Gasteiger partial charge in [0.25, 0.3) is 0 Å². The highest BCUT2D eigenvalue weighted by Gasteiger charge is 2.23. The molecule has 1 aromatic heterocycles. The van der Waals surface area contributed by atoms with Gasteiger partial charge >= 0.3 is 5.97 Å². The lowest BCUT2D eigenvalue weighted by Crippen LogP contribution is -2.15. The second-order valence-corrected chi connectivity index (χ2v) is 6.45. The largest absolute Gasteiger partial charge is 0.496 e. The van der Waals surface area contributed by atoms with Crippen molar-refractivity contribution in [2.75, 3.05) is 13.7 Å². The molecule has 0 radical (unpaired) electrons. The minimum absolute atomic E-state index is 0.158. The molecule has 6 nitrogen and oxygen atoms in total. The van der Waals surface area contributed by atoms with Crippen LogP contribution in [0.3, 0.4) is 0 Å². The molecule has 0 bridgehead atoms. The summed E-state index contributed by atoms with van der Waals surface area (Å²) in [5.41, 5.74) is 1.94. The highest BCUT2D eigenvalue weighted by atomic mass is 35.5. The number of ether oxygens (including phenoxy) is 2. The van der Waals surface area contributed by atoms with Crippen molar-refractivity contribution in [3.63, 3.8) is 0 Å². The zero-order chi connectivity index (χ0) is 20.1. The molecule has 0 unspecified atom stereocenters. The molecule has 2 aromatic carbocycles. The maximum atomic E-state index is 12.5. The number of aromatic nitrogens is 2. The minimum atomic E-state index is -0.690. The summed E-state index contributed by atoms with van der Waals surface area (Å²) in [6.07, 6.45) is 0. The first kappa shape index (κ1) is 19.6. The van der Waals surface area contributed by atoms with Gasteiger partial charge in [-0.1, -0.05) is 54.1 Å². The number of Topliss-reactive ketones (excluding diaryl/α,β-unsaturated/α-hetero) is 1. The predicted octanol–water partition coefficient (Wildman–Crippen LogP) is 3.94. The molecule has 0 aliphatic carbocycles. The molecule has 0 saturated carbocycles. The van der Waals surface area contributed by atoms with E-state index in [1.54, 1.807) is 31.2 Å². The van der Waals surface area contributed by atoms with Crippen LogP contribution in [0.15, 0.2) is 54.6 Å². The van der Waals surface area contributed by atoms with E-state index >= 15 is 0 Å². The summed E-state index contributed by atoms with van der Waals surface area (Å²) in [4.78, 5) is 24.9. The Labute approximate surface area is 167 Å². The van der Waals surface area contributed by atoms with Gasteiger partial charge in [-0.05, 0) is 24.6 Å². The number of nitrogens with zero attached hydrogens (tertiary/aromatic N) is 2. The van der Waals surface area contributed by atoms with Crippen LogP contribution in [0, 0.1) is 6.92 Å². The molecule has 144 valence electrons. The Hall–Kier alpha value is -3.12. The standard InChI is InChI=1S/C21H19ClN2O4/c1-14-19(20(22)24(23-14)12-15-8-4-3-5-9-15)21(26)28-13-17(25)16-10-6-7-11-18(16)27-2/h3-11H,12-13H2,1-2H3. The Balaban J connectivity index is 1.72. The predicted molar refractivity (Wildman–Crippen MR) is 105 cm³/mol. The van der Waals surface area contributed by atoms with Crippen LogP contribution in [0.1, 0.15) is 32.0 Å². The van der Waals surface area contributed by atoms with Gasteiger partial charge in [-0.2, -0.15) is 5.10 Å². The summed E-state index contributed by atoms with van der Waals surface area (Å²) in [5.74, 6) is -0.630. The van der Waals surface area contributed by atoms with Gasteiger partial charge in [0.1, 0.15) is 16.5 Å². The summed E-state index contributed by atoms with van der Waals surface area (Å²) < 4.78 is 11.9. The fourth-order valence-electron chi connectivity index (χ4n) is 2.80. The summed E-state index contributed by atoms with van der Waals surface area (Å²) in [7, 11) is 1.47. The Morgan fingerprint density at radius 2 is 1.75 bits per heavy atom. The minimum Gasteiger partial charge on any atom is -0.496 e. The van der Waals surface area contributed by atoms with Crippen LogP contribution in [0.5, 0.6) is 5.75 Å². The van der Waals surface area contributed by atoms with Crippen LogP contribution in [-0.4, -0.2) is 35.2 Å². The first-order valence-electron chi connectivity index (χ1n) is 8.61.